The second-order valence-corrected chi connectivity index (χ2v) is 3.73. The van der Waals surface area contributed by atoms with Crippen molar-refractivity contribution in [1.29, 1.82) is 0 Å². The topological polar surface area (TPSA) is 29.4 Å². The minimum absolute atomic E-state index is 0.202. The summed E-state index contributed by atoms with van der Waals surface area (Å²) in [5, 5.41) is 0. The Bertz CT molecular complexity index is 529. The van der Waals surface area contributed by atoms with Gasteiger partial charge in [0.1, 0.15) is 0 Å². The quantitative estimate of drug-likeness (QED) is 0.718. The van der Waals surface area contributed by atoms with E-state index in [-0.39, 0.29) is 5.91 Å². The lowest BCUT2D eigenvalue weighted by atomic mass is 10.1. The van der Waals surface area contributed by atoms with Gasteiger partial charge in [-0.3, -0.25) is 4.79 Å². The third-order valence-corrected chi connectivity index (χ3v) is 2.48. The Labute approximate surface area is 101 Å². The Morgan fingerprint density at radius 3 is 1.82 bits per heavy atom. The predicted molar refractivity (Wildman–Crippen MR) is 69.4 cm³/mol. The Morgan fingerprint density at radius 2 is 1.29 bits per heavy atom. The number of benzene rings is 2. The number of rotatable bonds is 2. The molecule has 17 heavy (non-hydrogen) atoms. The van der Waals surface area contributed by atoms with Gasteiger partial charge in [0.2, 0.25) is 0 Å². The van der Waals surface area contributed by atoms with Crippen molar-refractivity contribution in [3.05, 3.63) is 71.8 Å². The van der Waals surface area contributed by atoms with E-state index in [9.17, 15) is 4.79 Å². The van der Waals surface area contributed by atoms with Gasteiger partial charge in [0.25, 0.3) is 5.91 Å². The average molecular weight is 223 g/mol. The zero-order valence-electron chi connectivity index (χ0n) is 9.63. The molecule has 0 bridgehead atoms. The highest BCUT2D eigenvalue weighted by atomic mass is 16.1. The van der Waals surface area contributed by atoms with Crippen LogP contribution in [0.25, 0.3) is 0 Å². The monoisotopic (exact) mass is 223 g/mol. The number of hydrogen-bond acceptors (Lipinski definition) is 1. The normalized spacial score (nSPS) is 11.2. The van der Waals surface area contributed by atoms with Crippen LogP contribution < -0.4 is 0 Å². The van der Waals surface area contributed by atoms with Gasteiger partial charge in [0.15, 0.2) is 0 Å². The predicted octanol–water partition coefficient (Wildman–Crippen LogP) is 3.34. The lowest BCUT2D eigenvalue weighted by Gasteiger charge is -2.00. The van der Waals surface area contributed by atoms with E-state index in [1.165, 1.54) is 0 Å². The summed E-state index contributed by atoms with van der Waals surface area (Å²) >= 11 is 0. The molecule has 2 nitrogen and oxygen atoms in total. The molecule has 2 aromatic rings. The first-order valence-corrected chi connectivity index (χ1v) is 5.47. The molecule has 2 rings (SSSR count). The van der Waals surface area contributed by atoms with Crippen molar-refractivity contribution in [1.82, 2.24) is 0 Å². The Balaban J connectivity index is 2.24. The van der Waals surface area contributed by atoms with E-state index in [0.29, 0.717) is 5.56 Å². The second-order valence-electron chi connectivity index (χ2n) is 3.73. The van der Waals surface area contributed by atoms with Crippen LogP contribution >= 0.6 is 0 Å². The highest BCUT2D eigenvalue weighted by Gasteiger charge is 2.04. The molecule has 0 aliphatic heterocycles. The summed E-state index contributed by atoms with van der Waals surface area (Å²) in [6, 6.07) is 18.8. The maximum Gasteiger partial charge on any atom is 0.277 e. The fourth-order valence-corrected chi connectivity index (χ4v) is 1.54. The Kier molecular flexibility index (Phi) is 3.46. The van der Waals surface area contributed by atoms with Crippen LogP contribution in [0.15, 0.2) is 65.7 Å². The van der Waals surface area contributed by atoms with Crippen molar-refractivity contribution in [3.63, 3.8) is 0 Å². The largest absolute Gasteiger partial charge is 0.277 e. The van der Waals surface area contributed by atoms with E-state index in [1.54, 1.807) is 12.1 Å². The van der Waals surface area contributed by atoms with Gasteiger partial charge < -0.3 is 0 Å². The van der Waals surface area contributed by atoms with Gasteiger partial charge in [0.05, 0.1) is 0 Å². The van der Waals surface area contributed by atoms with Gasteiger partial charge >= 0.3 is 0 Å². The van der Waals surface area contributed by atoms with Crippen molar-refractivity contribution in [3.8, 4) is 0 Å². The fraction of sp³-hybridized carbons (Fsp3) is 0.0667. The summed E-state index contributed by atoms with van der Waals surface area (Å²) in [6.45, 7) is 1.84. The third-order valence-electron chi connectivity index (χ3n) is 2.48. The molecule has 2 aromatic carbocycles. The average Bonchev–Trinajstić information content (AvgIpc) is 2.40. The van der Waals surface area contributed by atoms with E-state index < -0.39 is 0 Å². The molecular weight excluding hydrogens is 210 g/mol. The van der Waals surface area contributed by atoms with Crippen molar-refractivity contribution in [2.45, 2.75) is 6.92 Å². The van der Waals surface area contributed by atoms with Crippen LogP contribution in [0, 0.1) is 0 Å². The summed E-state index contributed by atoms with van der Waals surface area (Å²) in [6.07, 6.45) is 0. The van der Waals surface area contributed by atoms with Crippen LogP contribution in [0.2, 0.25) is 0 Å². The molecule has 2 heteroatoms. The van der Waals surface area contributed by atoms with E-state index in [1.807, 2.05) is 55.5 Å². The second kappa shape index (κ2) is 5.21. The van der Waals surface area contributed by atoms with Gasteiger partial charge in [-0.05, 0) is 24.6 Å². The molecule has 0 saturated heterocycles. The van der Waals surface area contributed by atoms with Crippen molar-refractivity contribution < 1.29 is 4.79 Å². The standard InChI is InChI=1S/C15H13NO/c1-12(13-8-4-2-5-9-13)16-15(17)14-10-6-3-7-11-14/h2-11H,1H3/b16-12+. The summed E-state index contributed by atoms with van der Waals surface area (Å²) in [4.78, 5) is 15.9. The summed E-state index contributed by atoms with van der Waals surface area (Å²) in [5.74, 6) is -0.202. The SMILES string of the molecule is C/C(=N\C(=O)c1ccccc1)c1ccccc1. The number of carbonyl (C=O) groups is 1. The molecule has 0 heterocycles. The first kappa shape index (κ1) is 11.3. The van der Waals surface area contributed by atoms with Crippen LogP contribution in [0.5, 0.6) is 0 Å². The number of hydrogen-bond donors (Lipinski definition) is 0. The van der Waals surface area contributed by atoms with Crippen LogP contribution in [-0.4, -0.2) is 11.6 Å². The molecule has 0 saturated carbocycles. The zero-order chi connectivity index (χ0) is 12.1. The molecule has 0 aromatic heterocycles. The maximum absolute atomic E-state index is 11.8. The summed E-state index contributed by atoms with van der Waals surface area (Å²) in [7, 11) is 0. The molecular formula is C15H13NO. The molecule has 0 fully saturated rings. The molecule has 0 unspecified atom stereocenters. The number of nitrogens with zero attached hydrogens (tertiary/aromatic N) is 1. The molecule has 0 aliphatic carbocycles. The third kappa shape index (κ3) is 2.88. The number of aliphatic imine (C=N–C) groups is 1. The van der Waals surface area contributed by atoms with E-state index in [4.69, 9.17) is 0 Å². The maximum atomic E-state index is 11.8. The first-order valence-electron chi connectivity index (χ1n) is 5.47. The molecule has 84 valence electrons. The van der Waals surface area contributed by atoms with Crippen LogP contribution in [0.1, 0.15) is 22.8 Å². The highest BCUT2D eigenvalue weighted by Crippen LogP contribution is 2.05. The Morgan fingerprint density at radius 1 is 0.824 bits per heavy atom. The van der Waals surface area contributed by atoms with Gasteiger partial charge in [-0.1, -0.05) is 48.5 Å². The minimum Gasteiger partial charge on any atom is -0.267 e. The van der Waals surface area contributed by atoms with Crippen molar-refractivity contribution >= 4 is 11.6 Å². The molecule has 0 aliphatic rings. The van der Waals surface area contributed by atoms with Crippen molar-refractivity contribution in [2.24, 2.45) is 4.99 Å². The zero-order valence-corrected chi connectivity index (χ0v) is 9.63. The smallest absolute Gasteiger partial charge is 0.267 e. The Hall–Kier alpha value is -2.22. The van der Waals surface area contributed by atoms with Gasteiger partial charge in [-0.25, -0.2) is 4.99 Å². The van der Waals surface area contributed by atoms with Gasteiger partial charge in [-0.15, -0.1) is 0 Å². The first-order chi connectivity index (χ1) is 8.27. The molecule has 0 radical (unpaired) electrons. The molecule has 1 amide bonds. The van der Waals surface area contributed by atoms with Gasteiger partial charge in [0, 0.05) is 11.3 Å². The van der Waals surface area contributed by atoms with Crippen LogP contribution in [-0.2, 0) is 0 Å². The van der Waals surface area contributed by atoms with Crippen molar-refractivity contribution in [2.75, 3.05) is 0 Å². The highest BCUT2D eigenvalue weighted by molar-refractivity contribution is 6.09. The molecule has 0 spiro atoms. The van der Waals surface area contributed by atoms with E-state index >= 15 is 0 Å². The lowest BCUT2D eigenvalue weighted by molar-refractivity contribution is 0.100. The van der Waals surface area contributed by atoms with E-state index in [2.05, 4.69) is 4.99 Å². The summed E-state index contributed by atoms with van der Waals surface area (Å²) < 4.78 is 0. The molecule has 0 N–H and O–H groups in total. The summed E-state index contributed by atoms with van der Waals surface area (Å²) in [5.41, 5.74) is 2.32. The fourth-order valence-electron chi connectivity index (χ4n) is 1.54. The van der Waals surface area contributed by atoms with E-state index in [0.717, 1.165) is 11.3 Å². The van der Waals surface area contributed by atoms with Gasteiger partial charge in [-0.2, -0.15) is 0 Å². The van der Waals surface area contributed by atoms with Crippen LogP contribution in [0.3, 0.4) is 0 Å². The van der Waals surface area contributed by atoms with Crippen LogP contribution in [0.4, 0.5) is 0 Å². The minimum atomic E-state index is -0.202. The number of carbonyl (C=O) groups excluding carboxylic acids is 1. The number of amides is 1. The lowest BCUT2D eigenvalue weighted by Crippen LogP contribution is -2.01. The molecule has 0 atom stereocenters.